The minimum absolute atomic E-state index is 0.128. The molecule has 2 aromatic rings. The summed E-state index contributed by atoms with van der Waals surface area (Å²) < 4.78 is 41.1. The van der Waals surface area contributed by atoms with Crippen LogP contribution in [0.4, 0.5) is 0 Å². The first-order chi connectivity index (χ1) is 12.9. The molecule has 0 bridgehead atoms. The van der Waals surface area contributed by atoms with Crippen LogP contribution in [0.25, 0.3) is 0 Å². The fraction of sp³-hybridized carbons (Fsp3) is 0.556. The fourth-order valence-electron chi connectivity index (χ4n) is 3.67. The van der Waals surface area contributed by atoms with Crippen molar-refractivity contribution in [2.45, 2.75) is 45.4 Å². The lowest BCUT2D eigenvalue weighted by Gasteiger charge is -2.34. The van der Waals surface area contributed by atoms with Crippen molar-refractivity contribution in [3.63, 3.8) is 0 Å². The average molecular weight is 392 g/mol. The number of rotatable bonds is 4. The van der Waals surface area contributed by atoms with Crippen LogP contribution in [0.2, 0.25) is 0 Å². The Morgan fingerprint density at radius 3 is 2.67 bits per heavy atom. The van der Waals surface area contributed by atoms with Crippen molar-refractivity contribution in [2.24, 2.45) is 0 Å². The second kappa shape index (κ2) is 6.79. The zero-order chi connectivity index (χ0) is 19.2. The van der Waals surface area contributed by atoms with Crippen LogP contribution in [0.1, 0.15) is 44.4 Å². The number of fused-ring (bicyclic) bond motifs is 2. The molecule has 0 fully saturated rings. The Morgan fingerprint density at radius 2 is 1.93 bits per heavy atom. The summed E-state index contributed by atoms with van der Waals surface area (Å²) >= 11 is 0. The van der Waals surface area contributed by atoms with Gasteiger partial charge in [0, 0.05) is 19.0 Å². The molecule has 0 radical (unpaired) electrons. The van der Waals surface area contributed by atoms with Crippen molar-refractivity contribution < 1.29 is 17.9 Å². The second-order valence-corrected chi connectivity index (χ2v) is 9.25. The van der Waals surface area contributed by atoms with Crippen LogP contribution in [0, 0.1) is 0 Å². The number of benzene rings is 1. The molecule has 146 valence electrons. The van der Waals surface area contributed by atoms with E-state index in [0.717, 1.165) is 5.82 Å². The Kier molecular flexibility index (Phi) is 4.59. The van der Waals surface area contributed by atoms with Crippen molar-refractivity contribution in [3.8, 4) is 11.5 Å². The van der Waals surface area contributed by atoms with E-state index in [2.05, 4.69) is 24.0 Å². The monoisotopic (exact) mass is 392 g/mol. The van der Waals surface area contributed by atoms with Crippen LogP contribution in [0.15, 0.2) is 24.3 Å². The Bertz CT molecular complexity index is 941. The van der Waals surface area contributed by atoms with Crippen molar-refractivity contribution in [1.29, 1.82) is 0 Å². The standard InChI is InChI=1S/C18H24N4O4S/c1-12(2)17-19-20-18-13(3)22(9-8-21(17)18)27(23,24)11-14-10-25-15-6-4-5-7-16(15)26-14/h4-7,12-14H,8-11H2,1-3H3. The van der Waals surface area contributed by atoms with Crippen molar-refractivity contribution in [3.05, 3.63) is 35.9 Å². The smallest absolute Gasteiger partial charge is 0.218 e. The van der Waals surface area contributed by atoms with E-state index >= 15 is 0 Å². The quantitative estimate of drug-likeness (QED) is 0.790. The van der Waals surface area contributed by atoms with E-state index in [1.807, 2.05) is 29.7 Å². The van der Waals surface area contributed by atoms with Crippen LogP contribution >= 0.6 is 0 Å². The second-order valence-electron chi connectivity index (χ2n) is 7.29. The highest BCUT2D eigenvalue weighted by molar-refractivity contribution is 7.89. The van der Waals surface area contributed by atoms with E-state index < -0.39 is 16.1 Å². The Labute approximate surface area is 159 Å². The van der Waals surface area contributed by atoms with Crippen molar-refractivity contribution >= 4 is 10.0 Å². The van der Waals surface area contributed by atoms with Gasteiger partial charge in [-0.1, -0.05) is 26.0 Å². The van der Waals surface area contributed by atoms with E-state index in [9.17, 15) is 8.42 Å². The molecule has 2 atom stereocenters. The summed E-state index contributed by atoms with van der Waals surface area (Å²) in [7, 11) is -3.54. The lowest BCUT2D eigenvalue weighted by Crippen LogP contribution is -2.46. The number of para-hydroxylation sites is 2. The minimum Gasteiger partial charge on any atom is -0.486 e. The van der Waals surface area contributed by atoms with Gasteiger partial charge in [-0.25, -0.2) is 8.42 Å². The summed E-state index contributed by atoms with van der Waals surface area (Å²) in [6, 6.07) is 6.93. The van der Waals surface area contributed by atoms with E-state index in [-0.39, 0.29) is 24.3 Å². The van der Waals surface area contributed by atoms with Gasteiger partial charge in [0.2, 0.25) is 10.0 Å². The molecule has 0 aliphatic carbocycles. The molecule has 0 N–H and O–H groups in total. The summed E-state index contributed by atoms with van der Waals surface area (Å²) in [5.74, 6) is 2.93. The molecule has 2 aliphatic heterocycles. The van der Waals surface area contributed by atoms with Gasteiger partial charge in [-0.05, 0) is 19.1 Å². The lowest BCUT2D eigenvalue weighted by atomic mass is 10.2. The fourth-order valence-corrected chi connectivity index (χ4v) is 5.43. The highest BCUT2D eigenvalue weighted by atomic mass is 32.2. The third-order valence-electron chi connectivity index (χ3n) is 5.00. The Hall–Kier alpha value is -2.13. The summed E-state index contributed by atoms with van der Waals surface area (Å²) in [4.78, 5) is 0. The normalized spacial score (nSPS) is 22.7. The lowest BCUT2D eigenvalue weighted by molar-refractivity contribution is 0.104. The molecular formula is C18H24N4O4S. The van der Waals surface area contributed by atoms with Gasteiger partial charge >= 0.3 is 0 Å². The molecule has 27 heavy (non-hydrogen) atoms. The maximum Gasteiger partial charge on any atom is 0.218 e. The molecule has 0 saturated carbocycles. The Balaban J connectivity index is 1.51. The first-order valence-corrected chi connectivity index (χ1v) is 10.8. The Morgan fingerprint density at radius 1 is 1.19 bits per heavy atom. The maximum absolute atomic E-state index is 13.1. The molecule has 1 aromatic carbocycles. The predicted octanol–water partition coefficient (Wildman–Crippen LogP) is 1.95. The molecule has 3 heterocycles. The van der Waals surface area contributed by atoms with Gasteiger partial charge in [0.05, 0.1) is 6.04 Å². The number of aromatic nitrogens is 3. The van der Waals surface area contributed by atoms with E-state index in [1.165, 1.54) is 4.31 Å². The number of hydrogen-bond donors (Lipinski definition) is 0. The summed E-state index contributed by atoms with van der Waals surface area (Å²) in [6.45, 7) is 7.15. The molecule has 0 amide bonds. The number of nitrogens with zero attached hydrogens (tertiary/aromatic N) is 4. The molecule has 9 heteroatoms. The molecular weight excluding hydrogens is 368 g/mol. The van der Waals surface area contributed by atoms with Gasteiger partial charge in [-0.15, -0.1) is 10.2 Å². The topological polar surface area (TPSA) is 86.6 Å². The third-order valence-corrected chi connectivity index (χ3v) is 7.00. The molecule has 0 saturated heterocycles. The van der Waals surface area contributed by atoms with Crippen molar-refractivity contribution in [2.75, 3.05) is 18.9 Å². The maximum atomic E-state index is 13.1. The number of ether oxygens (including phenoxy) is 2. The van der Waals surface area contributed by atoms with E-state index in [4.69, 9.17) is 9.47 Å². The summed E-state index contributed by atoms with van der Waals surface area (Å²) in [6.07, 6.45) is -0.539. The molecule has 0 spiro atoms. The van der Waals surface area contributed by atoms with Gasteiger partial charge in [0.25, 0.3) is 0 Å². The molecule has 2 unspecified atom stereocenters. The first-order valence-electron chi connectivity index (χ1n) is 9.18. The third kappa shape index (κ3) is 3.29. The highest BCUT2D eigenvalue weighted by Gasteiger charge is 2.38. The highest BCUT2D eigenvalue weighted by Crippen LogP contribution is 2.33. The zero-order valence-electron chi connectivity index (χ0n) is 15.7. The van der Waals surface area contributed by atoms with Crippen LogP contribution in [-0.2, 0) is 16.6 Å². The van der Waals surface area contributed by atoms with Gasteiger partial charge in [-0.2, -0.15) is 4.31 Å². The number of hydrogen-bond acceptors (Lipinski definition) is 6. The largest absolute Gasteiger partial charge is 0.486 e. The number of sulfonamides is 1. The van der Waals surface area contributed by atoms with E-state index in [0.29, 0.717) is 30.4 Å². The van der Waals surface area contributed by atoms with Gasteiger partial charge < -0.3 is 14.0 Å². The first kappa shape index (κ1) is 18.2. The molecule has 8 nitrogen and oxygen atoms in total. The average Bonchev–Trinajstić information content (AvgIpc) is 3.06. The van der Waals surface area contributed by atoms with E-state index in [1.54, 1.807) is 6.07 Å². The van der Waals surface area contributed by atoms with Gasteiger partial charge in [0.15, 0.2) is 17.3 Å². The minimum atomic E-state index is -3.54. The zero-order valence-corrected chi connectivity index (χ0v) is 16.5. The molecule has 4 rings (SSSR count). The van der Waals surface area contributed by atoms with Crippen LogP contribution in [0.5, 0.6) is 11.5 Å². The summed E-state index contributed by atoms with van der Waals surface area (Å²) in [5, 5.41) is 8.50. The van der Waals surface area contributed by atoms with Crippen LogP contribution < -0.4 is 9.47 Å². The van der Waals surface area contributed by atoms with Crippen LogP contribution in [-0.4, -0.2) is 52.5 Å². The predicted molar refractivity (Wildman–Crippen MR) is 99.4 cm³/mol. The van der Waals surface area contributed by atoms with Gasteiger partial charge in [-0.3, -0.25) is 0 Å². The van der Waals surface area contributed by atoms with Crippen molar-refractivity contribution in [1.82, 2.24) is 19.1 Å². The van der Waals surface area contributed by atoms with Crippen LogP contribution in [0.3, 0.4) is 0 Å². The molecule has 1 aromatic heterocycles. The molecule has 2 aliphatic rings. The van der Waals surface area contributed by atoms with Gasteiger partial charge in [0.1, 0.15) is 24.3 Å². The SMILES string of the molecule is CC(C)c1nnc2n1CCN(S(=O)(=O)CC1COc3ccccc3O1)C2C. The summed E-state index contributed by atoms with van der Waals surface area (Å²) in [5.41, 5.74) is 0.